The quantitative estimate of drug-likeness (QED) is 0.754. The fourth-order valence-corrected chi connectivity index (χ4v) is 1.58. The molecule has 0 bridgehead atoms. The van der Waals surface area contributed by atoms with Crippen LogP contribution in [0.1, 0.15) is 17.3 Å². The molecular weight excluding hydrogens is 212 g/mol. The van der Waals surface area contributed by atoms with Crippen molar-refractivity contribution < 1.29 is 4.79 Å². The van der Waals surface area contributed by atoms with Crippen molar-refractivity contribution in [2.75, 3.05) is 11.9 Å². The van der Waals surface area contributed by atoms with Gasteiger partial charge in [-0.1, -0.05) is 18.2 Å². The number of nitrogens with zero attached hydrogens (tertiary/aromatic N) is 2. The number of pyridine rings is 1. The van der Waals surface area contributed by atoms with E-state index in [0.29, 0.717) is 5.56 Å². The third-order valence-corrected chi connectivity index (χ3v) is 2.64. The van der Waals surface area contributed by atoms with Crippen molar-refractivity contribution in [2.24, 2.45) is 0 Å². The van der Waals surface area contributed by atoms with Gasteiger partial charge in [-0.15, -0.1) is 0 Å². The molecule has 2 rings (SSSR count). The highest BCUT2D eigenvalue weighted by Gasteiger charge is 2.05. The van der Waals surface area contributed by atoms with Crippen LogP contribution in [0, 0.1) is 0 Å². The van der Waals surface area contributed by atoms with Gasteiger partial charge in [-0.3, -0.25) is 4.79 Å². The molecule has 0 aliphatic rings. The maximum Gasteiger partial charge on any atom is 0.161 e. The number of hydrogen-bond acceptors (Lipinski definition) is 3. The van der Waals surface area contributed by atoms with E-state index in [4.69, 9.17) is 0 Å². The number of anilines is 2. The van der Waals surface area contributed by atoms with Gasteiger partial charge < -0.3 is 4.90 Å². The summed E-state index contributed by atoms with van der Waals surface area (Å²) in [4.78, 5) is 17.4. The molecule has 0 saturated carbocycles. The molecule has 1 aromatic carbocycles. The summed E-state index contributed by atoms with van der Waals surface area (Å²) in [7, 11) is 1.95. The van der Waals surface area contributed by atoms with E-state index in [1.165, 1.54) is 6.92 Å². The Morgan fingerprint density at radius 1 is 1.12 bits per heavy atom. The van der Waals surface area contributed by atoms with Crippen molar-refractivity contribution in [3.05, 3.63) is 54.2 Å². The fraction of sp³-hybridized carbons (Fsp3) is 0.143. The summed E-state index contributed by atoms with van der Waals surface area (Å²) in [6.07, 6.45) is 1.61. The molecular formula is C14H14N2O. The summed E-state index contributed by atoms with van der Waals surface area (Å²) in [5.74, 6) is 0.854. The average molecular weight is 226 g/mol. The predicted molar refractivity (Wildman–Crippen MR) is 68.7 cm³/mol. The van der Waals surface area contributed by atoms with Crippen LogP contribution in [-0.2, 0) is 0 Å². The molecule has 0 aliphatic carbocycles. The first-order valence-electron chi connectivity index (χ1n) is 5.44. The van der Waals surface area contributed by atoms with Gasteiger partial charge in [0.15, 0.2) is 5.78 Å². The Labute approximate surface area is 101 Å². The van der Waals surface area contributed by atoms with Gasteiger partial charge in [0.25, 0.3) is 0 Å². The highest BCUT2D eigenvalue weighted by Crippen LogP contribution is 2.20. The third kappa shape index (κ3) is 2.50. The minimum absolute atomic E-state index is 0.0337. The molecule has 86 valence electrons. The first-order valence-corrected chi connectivity index (χ1v) is 5.44. The second-order valence-corrected chi connectivity index (χ2v) is 3.86. The summed E-state index contributed by atoms with van der Waals surface area (Å²) >= 11 is 0. The zero-order valence-electron chi connectivity index (χ0n) is 9.92. The molecule has 3 nitrogen and oxygen atoms in total. The van der Waals surface area contributed by atoms with Crippen LogP contribution < -0.4 is 4.90 Å². The van der Waals surface area contributed by atoms with Crippen LogP contribution in [0.4, 0.5) is 11.5 Å². The van der Waals surface area contributed by atoms with Gasteiger partial charge in [-0.05, 0) is 31.2 Å². The molecule has 0 aliphatic heterocycles. The predicted octanol–water partition coefficient (Wildman–Crippen LogP) is 3.05. The number of carbonyl (C=O) groups excluding carboxylic acids is 1. The molecule has 0 saturated heterocycles. The molecule has 1 heterocycles. The maximum absolute atomic E-state index is 11.1. The van der Waals surface area contributed by atoms with Crippen LogP contribution in [0.5, 0.6) is 0 Å². The fourth-order valence-electron chi connectivity index (χ4n) is 1.58. The van der Waals surface area contributed by atoms with Crippen LogP contribution >= 0.6 is 0 Å². The Bertz CT molecular complexity index is 506. The van der Waals surface area contributed by atoms with Gasteiger partial charge in [-0.2, -0.15) is 0 Å². The Balaban J connectivity index is 2.26. The average Bonchev–Trinajstić information content (AvgIpc) is 2.39. The molecule has 0 unspecified atom stereocenters. The van der Waals surface area contributed by atoms with Gasteiger partial charge >= 0.3 is 0 Å². The zero-order chi connectivity index (χ0) is 12.3. The van der Waals surface area contributed by atoms with Gasteiger partial charge in [0.1, 0.15) is 5.82 Å². The molecule has 2 aromatic rings. The van der Waals surface area contributed by atoms with E-state index in [-0.39, 0.29) is 5.78 Å². The van der Waals surface area contributed by atoms with E-state index in [0.717, 1.165) is 11.5 Å². The first-order chi connectivity index (χ1) is 8.18. The van der Waals surface area contributed by atoms with Gasteiger partial charge in [0.2, 0.25) is 0 Å². The molecule has 1 aromatic heterocycles. The van der Waals surface area contributed by atoms with E-state index < -0.39 is 0 Å². The normalized spacial score (nSPS) is 10.0. The van der Waals surface area contributed by atoms with Crippen LogP contribution in [-0.4, -0.2) is 17.8 Å². The number of aromatic nitrogens is 1. The second kappa shape index (κ2) is 4.78. The lowest BCUT2D eigenvalue weighted by Gasteiger charge is -2.18. The highest BCUT2D eigenvalue weighted by atomic mass is 16.1. The van der Waals surface area contributed by atoms with Crippen LogP contribution in [0.3, 0.4) is 0 Å². The number of rotatable bonds is 3. The standard InChI is InChI=1S/C14H14N2O/c1-11(17)12-8-9-14(15-10-12)16(2)13-6-4-3-5-7-13/h3-10H,1-2H3. The number of Topliss-reactive ketones (excluding diaryl/α,β-unsaturated/α-hetero) is 1. The maximum atomic E-state index is 11.1. The highest BCUT2D eigenvalue weighted by molar-refractivity contribution is 5.93. The first kappa shape index (κ1) is 11.3. The van der Waals surface area contributed by atoms with Crippen LogP contribution in [0.15, 0.2) is 48.7 Å². The van der Waals surface area contributed by atoms with Gasteiger partial charge in [0, 0.05) is 24.5 Å². The smallest absolute Gasteiger partial charge is 0.161 e. The van der Waals surface area contributed by atoms with E-state index in [1.54, 1.807) is 12.3 Å². The van der Waals surface area contributed by atoms with Crippen molar-refractivity contribution >= 4 is 17.3 Å². The Kier molecular flexibility index (Phi) is 3.19. The summed E-state index contributed by atoms with van der Waals surface area (Å²) < 4.78 is 0. The van der Waals surface area contributed by atoms with Gasteiger partial charge in [-0.25, -0.2) is 4.98 Å². The Morgan fingerprint density at radius 2 is 1.82 bits per heavy atom. The summed E-state index contributed by atoms with van der Waals surface area (Å²) in [6.45, 7) is 1.54. The second-order valence-electron chi connectivity index (χ2n) is 3.86. The zero-order valence-corrected chi connectivity index (χ0v) is 9.92. The van der Waals surface area contributed by atoms with Crippen molar-refractivity contribution in [3.63, 3.8) is 0 Å². The molecule has 0 fully saturated rings. The monoisotopic (exact) mass is 226 g/mol. The van der Waals surface area contributed by atoms with E-state index in [9.17, 15) is 4.79 Å². The Hall–Kier alpha value is -2.16. The topological polar surface area (TPSA) is 33.2 Å². The number of ketones is 1. The van der Waals surface area contributed by atoms with Crippen molar-refractivity contribution in [1.82, 2.24) is 4.98 Å². The minimum Gasteiger partial charge on any atom is -0.329 e. The molecule has 0 amide bonds. The largest absolute Gasteiger partial charge is 0.329 e. The number of carbonyl (C=O) groups is 1. The van der Waals surface area contributed by atoms with Gasteiger partial charge in [0.05, 0.1) is 0 Å². The van der Waals surface area contributed by atoms with E-state index in [2.05, 4.69) is 4.98 Å². The number of para-hydroxylation sites is 1. The summed E-state index contributed by atoms with van der Waals surface area (Å²) in [5.41, 5.74) is 1.70. The van der Waals surface area contributed by atoms with E-state index in [1.807, 2.05) is 48.3 Å². The number of benzene rings is 1. The SMILES string of the molecule is CC(=O)c1ccc(N(C)c2ccccc2)nc1. The lowest BCUT2D eigenvalue weighted by Crippen LogP contribution is -2.11. The van der Waals surface area contributed by atoms with Crippen molar-refractivity contribution in [2.45, 2.75) is 6.92 Å². The van der Waals surface area contributed by atoms with Crippen LogP contribution in [0.2, 0.25) is 0 Å². The lowest BCUT2D eigenvalue weighted by molar-refractivity contribution is 0.101. The Morgan fingerprint density at radius 3 is 2.35 bits per heavy atom. The molecule has 0 radical (unpaired) electrons. The summed E-state index contributed by atoms with van der Waals surface area (Å²) in [6, 6.07) is 13.6. The lowest BCUT2D eigenvalue weighted by atomic mass is 10.2. The molecule has 0 N–H and O–H groups in total. The van der Waals surface area contributed by atoms with Crippen LogP contribution in [0.25, 0.3) is 0 Å². The molecule has 0 spiro atoms. The van der Waals surface area contributed by atoms with E-state index >= 15 is 0 Å². The number of hydrogen-bond donors (Lipinski definition) is 0. The molecule has 0 atom stereocenters. The van der Waals surface area contributed by atoms with Crippen molar-refractivity contribution in [1.29, 1.82) is 0 Å². The van der Waals surface area contributed by atoms with Crippen molar-refractivity contribution in [3.8, 4) is 0 Å². The molecule has 3 heteroatoms. The third-order valence-electron chi connectivity index (χ3n) is 2.64. The molecule has 17 heavy (non-hydrogen) atoms. The minimum atomic E-state index is 0.0337. The summed E-state index contributed by atoms with van der Waals surface area (Å²) in [5, 5.41) is 0.